The molecule has 0 bridgehead atoms. The van der Waals surface area contributed by atoms with Gasteiger partial charge in [-0.05, 0) is 24.6 Å². The van der Waals surface area contributed by atoms with Crippen molar-refractivity contribution in [2.75, 3.05) is 13.7 Å². The zero-order valence-corrected chi connectivity index (χ0v) is 11.3. The first-order chi connectivity index (χ1) is 8.12. The van der Waals surface area contributed by atoms with Gasteiger partial charge in [0.05, 0.1) is 20.1 Å². The Morgan fingerprint density at radius 2 is 2.18 bits per heavy atom. The summed E-state index contributed by atoms with van der Waals surface area (Å²) in [4.78, 5) is 11.3. The summed E-state index contributed by atoms with van der Waals surface area (Å²) in [6, 6.07) is 3.08. The molecule has 0 aromatic heterocycles. The minimum absolute atomic E-state index is 0.120. The highest BCUT2D eigenvalue weighted by Crippen LogP contribution is 2.25. The number of hydrogen-bond acceptors (Lipinski definition) is 3. The van der Waals surface area contributed by atoms with Gasteiger partial charge in [-0.3, -0.25) is 4.79 Å². The van der Waals surface area contributed by atoms with Crippen molar-refractivity contribution in [3.05, 3.63) is 29.1 Å². The third-order valence-corrected chi connectivity index (χ3v) is 2.86. The molecule has 0 spiro atoms. The summed E-state index contributed by atoms with van der Waals surface area (Å²) < 4.78 is 23.6. The molecule has 0 amide bonds. The quantitative estimate of drug-likeness (QED) is 0.620. The Hall–Kier alpha value is -1.10. The number of carbonyl (C=O) groups is 1. The van der Waals surface area contributed by atoms with E-state index in [0.717, 1.165) is 5.56 Å². The van der Waals surface area contributed by atoms with E-state index in [4.69, 9.17) is 9.47 Å². The first kappa shape index (κ1) is 14.0. The highest BCUT2D eigenvalue weighted by molar-refractivity contribution is 9.08. The summed E-state index contributed by atoms with van der Waals surface area (Å²) in [5.41, 5.74) is 0.989. The molecule has 17 heavy (non-hydrogen) atoms. The Labute approximate surface area is 108 Å². The number of rotatable bonds is 5. The van der Waals surface area contributed by atoms with Crippen LogP contribution < -0.4 is 4.74 Å². The minimum atomic E-state index is -0.462. The van der Waals surface area contributed by atoms with Gasteiger partial charge in [0.1, 0.15) is 11.6 Å². The number of esters is 1. The van der Waals surface area contributed by atoms with Gasteiger partial charge in [0.15, 0.2) is 0 Å². The second-order valence-electron chi connectivity index (χ2n) is 3.37. The Morgan fingerprint density at radius 1 is 1.47 bits per heavy atom. The molecule has 1 aromatic rings. The molecule has 0 radical (unpaired) electrons. The number of hydrogen-bond donors (Lipinski definition) is 0. The van der Waals surface area contributed by atoms with Crippen molar-refractivity contribution in [2.45, 2.75) is 18.7 Å². The van der Waals surface area contributed by atoms with E-state index in [2.05, 4.69) is 15.9 Å². The van der Waals surface area contributed by atoms with Crippen LogP contribution in [-0.2, 0) is 21.3 Å². The summed E-state index contributed by atoms with van der Waals surface area (Å²) in [6.07, 6.45) is -0.120. The van der Waals surface area contributed by atoms with Crippen LogP contribution >= 0.6 is 15.9 Å². The van der Waals surface area contributed by atoms with Crippen molar-refractivity contribution in [3.63, 3.8) is 0 Å². The average molecular weight is 305 g/mol. The van der Waals surface area contributed by atoms with Gasteiger partial charge in [0.2, 0.25) is 0 Å². The maximum Gasteiger partial charge on any atom is 0.310 e. The van der Waals surface area contributed by atoms with E-state index in [-0.39, 0.29) is 18.6 Å². The minimum Gasteiger partial charge on any atom is -0.496 e. The van der Waals surface area contributed by atoms with Crippen LogP contribution in [0.2, 0.25) is 0 Å². The topological polar surface area (TPSA) is 35.5 Å². The first-order valence-corrected chi connectivity index (χ1v) is 6.31. The molecule has 0 aliphatic carbocycles. The number of alkyl halides is 1. The molecular weight excluding hydrogens is 291 g/mol. The van der Waals surface area contributed by atoms with Gasteiger partial charge in [-0.1, -0.05) is 15.9 Å². The largest absolute Gasteiger partial charge is 0.496 e. The average Bonchev–Trinajstić information content (AvgIpc) is 2.31. The van der Waals surface area contributed by atoms with Gasteiger partial charge in [-0.25, -0.2) is 4.39 Å². The van der Waals surface area contributed by atoms with Gasteiger partial charge in [0, 0.05) is 10.9 Å². The Morgan fingerprint density at radius 3 is 2.71 bits per heavy atom. The lowest BCUT2D eigenvalue weighted by molar-refractivity contribution is -0.142. The van der Waals surface area contributed by atoms with E-state index in [0.29, 0.717) is 11.1 Å². The third kappa shape index (κ3) is 3.70. The van der Waals surface area contributed by atoms with Crippen molar-refractivity contribution in [1.82, 2.24) is 0 Å². The second-order valence-corrected chi connectivity index (χ2v) is 3.93. The van der Waals surface area contributed by atoms with E-state index in [1.54, 1.807) is 13.0 Å². The molecule has 0 aliphatic rings. The van der Waals surface area contributed by atoms with Crippen molar-refractivity contribution in [1.29, 1.82) is 0 Å². The molecule has 5 heteroatoms. The van der Waals surface area contributed by atoms with Crippen LogP contribution in [-0.4, -0.2) is 19.7 Å². The lowest BCUT2D eigenvalue weighted by Crippen LogP contribution is -2.10. The van der Waals surface area contributed by atoms with Gasteiger partial charge in [-0.15, -0.1) is 0 Å². The molecule has 1 rings (SSSR count). The lowest BCUT2D eigenvalue weighted by atomic mass is 10.1. The first-order valence-electron chi connectivity index (χ1n) is 5.19. The fourth-order valence-electron chi connectivity index (χ4n) is 1.45. The van der Waals surface area contributed by atoms with Crippen LogP contribution in [0, 0.1) is 5.82 Å². The monoisotopic (exact) mass is 304 g/mol. The smallest absolute Gasteiger partial charge is 0.310 e. The molecule has 0 heterocycles. The molecular formula is C12H14BrFO3. The zero-order chi connectivity index (χ0) is 12.8. The summed E-state index contributed by atoms with van der Waals surface area (Å²) in [6.45, 7) is 1.99. The van der Waals surface area contributed by atoms with Gasteiger partial charge >= 0.3 is 5.97 Å². The van der Waals surface area contributed by atoms with Gasteiger partial charge in [-0.2, -0.15) is 0 Å². The van der Waals surface area contributed by atoms with Crippen LogP contribution in [0.25, 0.3) is 0 Å². The van der Waals surface area contributed by atoms with Crippen molar-refractivity contribution < 1.29 is 18.7 Å². The maximum absolute atomic E-state index is 13.8. The van der Waals surface area contributed by atoms with Crippen molar-refractivity contribution in [2.24, 2.45) is 0 Å². The molecule has 0 N–H and O–H groups in total. The fourth-order valence-corrected chi connectivity index (χ4v) is 1.78. The van der Waals surface area contributed by atoms with Crippen LogP contribution in [0.4, 0.5) is 4.39 Å². The van der Waals surface area contributed by atoms with Crippen molar-refractivity contribution in [3.8, 4) is 5.75 Å². The van der Waals surface area contributed by atoms with Crippen molar-refractivity contribution >= 4 is 21.9 Å². The standard InChI is InChI=1S/C12H14BrFO3/c1-3-17-12(15)6-9-10(14)4-8(7-13)5-11(9)16-2/h4-5H,3,6-7H2,1-2H3. The van der Waals surface area contributed by atoms with Crippen LogP contribution in [0.3, 0.4) is 0 Å². The number of halogens is 2. The molecule has 0 unspecified atom stereocenters. The number of carbonyl (C=O) groups excluding carboxylic acids is 1. The molecule has 1 aromatic carbocycles. The Kier molecular flexibility index (Phi) is 5.41. The lowest BCUT2D eigenvalue weighted by Gasteiger charge is -2.11. The Bertz CT molecular complexity index is 407. The van der Waals surface area contributed by atoms with Crippen LogP contribution in [0.15, 0.2) is 12.1 Å². The number of benzene rings is 1. The van der Waals surface area contributed by atoms with E-state index in [9.17, 15) is 9.18 Å². The summed E-state index contributed by atoms with van der Waals surface area (Å²) in [5, 5.41) is 0.528. The zero-order valence-electron chi connectivity index (χ0n) is 9.76. The molecule has 0 aliphatic heterocycles. The molecule has 0 fully saturated rings. The van der Waals surface area contributed by atoms with E-state index >= 15 is 0 Å². The van der Waals surface area contributed by atoms with Crippen LogP contribution in [0.1, 0.15) is 18.1 Å². The fraction of sp³-hybridized carbons (Fsp3) is 0.417. The number of ether oxygens (including phenoxy) is 2. The summed E-state index contributed by atoms with van der Waals surface area (Å²) >= 11 is 3.24. The number of methoxy groups -OCH3 is 1. The van der Waals surface area contributed by atoms with Crippen LogP contribution in [0.5, 0.6) is 5.75 Å². The highest BCUT2D eigenvalue weighted by Gasteiger charge is 2.15. The molecule has 3 nitrogen and oxygen atoms in total. The normalized spacial score (nSPS) is 10.1. The second kappa shape index (κ2) is 6.59. The third-order valence-electron chi connectivity index (χ3n) is 2.21. The van der Waals surface area contributed by atoms with Gasteiger partial charge < -0.3 is 9.47 Å². The molecule has 0 saturated heterocycles. The molecule has 94 valence electrons. The summed E-state index contributed by atoms with van der Waals surface area (Å²) in [5.74, 6) is -0.546. The van der Waals surface area contributed by atoms with E-state index in [1.807, 2.05) is 0 Å². The van der Waals surface area contributed by atoms with E-state index in [1.165, 1.54) is 13.2 Å². The maximum atomic E-state index is 13.8. The summed E-state index contributed by atoms with van der Waals surface area (Å²) in [7, 11) is 1.45. The SMILES string of the molecule is CCOC(=O)Cc1c(F)cc(CBr)cc1OC. The van der Waals surface area contributed by atoms with Gasteiger partial charge in [0.25, 0.3) is 0 Å². The Balaban J connectivity index is 3.01. The molecule has 0 saturated carbocycles. The predicted molar refractivity (Wildman–Crippen MR) is 65.9 cm³/mol. The molecule has 0 atom stereocenters. The highest BCUT2D eigenvalue weighted by atomic mass is 79.9. The van der Waals surface area contributed by atoms with E-state index < -0.39 is 11.8 Å². The predicted octanol–water partition coefficient (Wildman–Crippen LogP) is 2.83.